The molecule has 1 saturated heterocycles. The molecule has 1 fully saturated rings. The topological polar surface area (TPSA) is 44.4 Å². The van der Waals surface area contributed by atoms with Crippen molar-refractivity contribution in [1.82, 2.24) is 15.5 Å². The zero-order chi connectivity index (χ0) is 15.2. The fourth-order valence-electron chi connectivity index (χ4n) is 2.63. The summed E-state index contributed by atoms with van der Waals surface area (Å²) in [4.78, 5) is 14.1. The number of likely N-dealkylation sites (tertiary alicyclic amines) is 1. The smallest absolute Gasteiger partial charge is 0.221 e. The van der Waals surface area contributed by atoms with Crippen molar-refractivity contribution in [3.05, 3.63) is 0 Å². The number of hydrogen-bond acceptors (Lipinski definition) is 3. The van der Waals surface area contributed by atoms with Crippen LogP contribution in [0, 0.1) is 5.92 Å². The first kappa shape index (κ1) is 17.4. The van der Waals surface area contributed by atoms with Crippen LogP contribution in [0.5, 0.6) is 0 Å². The number of nitrogens with zero attached hydrogens (tertiary/aromatic N) is 1. The highest BCUT2D eigenvalue weighted by Crippen LogP contribution is 2.16. The van der Waals surface area contributed by atoms with Crippen LogP contribution in [0.15, 0.2) is 0 Å². The summed E-state index contributed by atoms with van der Waals surface area (Å²) in [6.45, 7) is 14.9. The van der Waals surface area contributed by atoms with Gasteiger partial charge in [0.2, 0.25) is 5.91 Å². The molecule has 0 aliphatic carbocycles. The van der Waals surface area contributed by atoms with E-state index in [0.29, 0.717) is 6.42 Å². The van der Waals surface area contributed by atoms with E-state index in [1.807, 2.05) is 13.8 Å². The lowest BCUT2D eigenvalue weighted by atomic mass is 9.96. The van der Waals surface area contributed by atoms with E-state index >= 15 is 0 Å². The SMILES string of the molecule is CC(C)NC(=O)CCN1CCCC(CNC(C)(C)C)C1. The maximum absolute atomic E-state index is 11.7. The highest BCUT2D eigenvalue weighted by molar-refractivity contribution is 5.76. The van der Waals surface area contributed by atoms with Gasteiger partial charge in [0.1, 0.15) is 0 Å². The number of carbonyl (C=O) groups is 1. The van der Waals surface area contributed by atoms with Crippen molar-refractivity contribution in [2.24, 2.45) is 5.92 Å². The van der Waals surface area contributed by atoms with E-state index in [4.69, 9.17) is 0 Å². The Morgan fingerprint density at radius 1 is 1.35 bits per heavy atom. The normalized spacial score (nSPS) is 21.2. The van der Waals surface area contributed by atoms with Gasteiger partial charge in [0.05, 0.1) is 0 Å². The zero-order valence-corrected chi connectivity index (χ0v) is 14.0. The first-order valence-electron chi connectivity index (χ1n) is 8.03. The van der Waals surface area contributed by atoms with Crippen LogP contribution < -0.4 is 10.6 Å². The minimum absolute atomic E-state index is 0.176. The molecule has 2 N–H and O–H groups in total. The number of piperidine rings is 1. The predicted octanol–water partition coefficient (Wildman–Crippen LogP) is 2.00. The largest absolute Gasteiger partial charge is 0.354 e. The minimum atomic E-state index is 0.176. The molecule has 1 heterocycles. The van der Waals surface area contributed by atoms with Crippen LogP contribution in [0.2, 0.25) is 0 Å². The number of amides is 1. The minimum Gasteiger partial charge on any atom is -0.354 e. The number of rotatable bonds is 6. The molecule has 0 radical (unpaired) electrons. The molecule has 118 valence electrons. The lowest BCUT2D eigenvalue weighted by molar-refractivity contribution is -0.122. The molecule has 0 aromatic carbocycles. The van der Waals surface area contributed by atoms with Crippen molar-refractivity contribution in [2.75, 3.05) is 26.2 Å². The van der Waals surface area contributed by atoms with Gasteiger partial charge in [-0.2, -0.15) is 0 Å². The van der Waals surface area contributed by atoms with E-state index in [9.17, 15) is 4.79 Å². The summed E-state index contributed by atoms with van der Waals surface area (Å²) >= 11 is 0. The molecule has 1 rings (SSSR count). The predicted molar refractivity (Wildman–Crippen MR) is 84.8 cm³/mol. The first-order chi connectivity index (χ1) is 9.26. The third kappa shape index (κ3) is 7.85. The van der Waals surface area contributed by atoms with Gasteiger partial charge in [0, 0.05) is 31.1 Å². The molecule has 0 bridgehead atoms. The number of nitrogens with one attached hydrogen (secondary N) is 2. The highest BCUT2D eigenvalue weighted by atomic mass is 16.1. The van der Waals surface area contributed by atoms with Crippen LogP contribution in [0.25, 0.3) is 0 Å². The van der Waals surface area contributed by atoms with Crippen molar-refractivity contribution in [1.29, 1.82) is 0 Å². The lowest BCUT2D eigenvalue weighted by Crippen LogP contribution is -2.45. The van der Waals surface area contributed by atoms with Crippen LogP contribution >= 0.6 is 0 Å². The molecule has 1 atom stereocenters. The van der Waals surface area contributed by atoms with Gasteiger partial charge in [0.25, 0.3) is 0 Å². The molecule has 1 amide bonds. The second-order valence-corrected chi connectivity index (χ2v) is 7.41. The lowest BCUT2D eigenvalue weighted by Gasteiger charge is -2.34. The Hall–Kier alpha value is -0.610. The zero-order valence-electron chi connectivity index (χ0n) is 14.0. The van der Waals surface area contributed by atoms with E-state index in [-0.39, 0.29) is 17.5 Å². The Labute approximate surface area is 124 Å². The molecule has 1 aliphatic rings. The summed E-state index contributed by atoms with van der Waals surface area (Å²) in [5.41, 5.74) is 0.194. The van der Waals surface area contributed by atoms with Crippen molar-refractivity contribution in [2.45, 2.75) is 65.5 Å². The van der Waals surface area contributed by atoms with E-state index in [0.717, 1.165) is 32.1 Å². The quantitative estimate of drug-likeness (QED) is 0.784. The fraction of sp³-hybridized carbons (Fsp3) is 0.938. The molecule has 1 unspecified atom stereocenters. The number of carbonyl (C=O) groups excluding carboxylic acids is 1. The summed E-state index contributed by atoms with van der Waals surface area (Å²) in [6, 6.07) is 0.243. The van der Waals surface area contributed by atoms with Crippen LogP contribution in [0.3, 0.4) is 0 Å². The molecule has 20 heavy (non-hydrogen) atoms. The van der Waals surface area contributed by atoms with Gasteiger partial charge >= 0.3 is 0 Å². The van der Waals surface area contributed by atoms with Crippen LogP contribution in [-0.2, 0) is 4.79 Å². The maximum Gasteiger partial charge on any atom is 0.221 e. The van der Waals surface area contributed by atoms with Gasteiger partial charge < -0.3 is 15.5 Å². The Bertz CT molecular complexity index is 297. The summed E-state index contributed by atoms with van der Waals surface area (Å²) in [7, 11) is 0. The second kappa shape index (κ2) is 7.99. The summed E-state index contributed by atoms with van der Waals surface area (Å²) in [5, 5.41) is 6.56. The Kier molecular flexibility index (Phi) is 6.96. The van der Waals surface area contributed by atoms with E-state index in [1.54, 1.807) is 0 Å². The van der Waals surface area contributed by atoms with Crippen LogP contribution in [0.1, 0.15) is 53.9 Å². The molecular weight excluding hydrogens is 250 g/mol. The average molecular weight is 283 g/mol. The average Bonchev–Trinajstić information content (AvgIpc) is 2.33. The summed E-state index contributed by atoms with van der Waals surface area (Å²) in [5.74, 6) is 0.895. The Morgan fingerprint density at radius 3 is 2.65 bits per heavy atom. The molecule has 1 aliphatic heterocycles. The first-order valence-corrected chi connectivity index (χ1v) is 8.03. The van der Waals surface area contributed by atoms with Crippen molar-refractivity contribution in [3.8, 4) is 0 Å². The Balaban J connectivity index is 2.25. The highest BCUT2D eigenvalue weighted by Gasteiger charge is 2.21. The standard InChI is InChI=1S/C16H33N3O/c1-13(2)18-15(20)8-10-19-9-6-7-14(12-19)11-17-16(3,4)5/h13-14,17H,6-12H2,1-5H3,(H,18,20). The summed E-state index contributed by atoms with van der Waals surface area (Å²) in [6.07, 6.45) is 3.18. The van der Waals surface area contributed by atoms with Crippen LogP contribution in [-0.4, -0.2) is 48.6 Å². The van der Waals surface area contributed by atoms with Crippen molar-refractivity contribution < 1.29 is 4.79 Å². The van der Waals surface area contributed by atoms with Gasteiger partial charge in [-0.05, 0) is 66.5 Å². The van der Waals surface area contributed by atoms with Gasteiger partial charge in [-0.15, -0.1) is 0 Å². The number of hydrogen-bond donors (Lipinski definition) is 2. The van der Waals surface area contributed by atoms with Gasteiger partial charge in [0.15, 0.2) is 0 Å². The molecular formula is C16H33N3O. The molecule has 4 heteroatoms. The summed E-state index contributed by atoms with van der Waals surface area (Å²) < 4.78 is 0. The van der Waals surface area contributed by atoms with E-state index in [2.05, 4.69) is 36.3 Å². The second-order valence-electron chi connectivity index (χ2n) is 7.41. The molecule has 0 spiro atoms. The van der Waals surface area contributed by atoms with Gasteiger partial charge in [-0.3, -0.25) is 4.79 Å². The molecule has 0 saturated carbocycles. The molecule has 0 aromatic heterocycles. The third-order valence-electron chi connectivity index (χ3n) is 3.63. The van der Waals surface area contributed by atoms with Crippen LogP contribution in [0.4, 0.5) is 0 Å². The fourth-order valence-corrected chi connectivity index (χ4v) is 2.63. The van der Waals surface area contributed by atoms with Gasteiger partial charge in [-0.25, -0.2) is 0 Å². The van der Waals surface area contributed by atoms with Gasteiger partial charge in [-0.1, -0.05) is 0 Å². The maximum atomic E-state index is 11.7. The molecule has 0 aromatic rings. The third-order valence-corrected chi connectivity index (χ3v) is 3.63. The monoisotopic (exact) mass is 283 g/mol. The van der Waals surface area contributed by atoms with E-state index < -0.39 is 0 Å². The van der Waals surface area contributed by atoms with E-state index in [1.165, 1.54) is 12.8 Å². The van der Waals surface area contributed by atoms with Crippen molar-refractivity contribution in [3.63, 3.8) is 0 Å². The molecule has 4 nitrogen and oxygen atoms in total. The Morgan fingerprint density at radius 2 is 2.05 bits per heavy atom. The van der Waals surface area contributed by atoms with Crippen molar-refractivity contribution >= 4 is 5.91 Å².